The molecule has 0 bridgehead atoms. The summed E-state index contributed by atoms with van der Waals surface area (Å²) < 4.78 is 27.5. The van der Waals surface area contributed by atoms with Gasteiger partial charge in [0.25, 0.3) is 0 Å². The minimum Gasteiger partial charge on any atom is -0.371 e. The van der Waals surface area contributed by atoms with E-state index in [0.29, 0.717) is 12.1 Å². The normalized spacial score (nSPS) is 17.6. The van der Waals surface area contributed by atoms with Crippen molar-refractivity contribution in [1.29, 1.82) is 0 Å². The molecule has 2 aromatic carbocycles. The highest BCUT2D eigenvalue weighted by Crippen LogP contribution is 2.23. The number of rotatable bonds is 6. The summed E-state index contributed by atoms with van der Waals surface area (Å²) in [5, 5.41) is 0. The zero-order valence-electron chi connectivity index (χ0n) is 14.2. The van der Waals surface area contributed by atoms with E-state index in [9.17, 15) is 13.2 Å². The lowest BCUT2D eigenvalue weighted by Gasteiger charge is -2.18. The minimum atomic E-state index is -3.55. The molecule has 1 aliphatic heterocycles. The molecule has 132 valence electrons. The van der Waals surface area contributed by atoms with E-state index in [1.54, 1.807) is 12.1 Å². The summed E-state index contributed by atoms with van der Waals surface area (Å²) in [6.07, 6.45) is 0.959. The predicted molar refractivity (Wildman–Crippen MR) is 98.4 cm³/mol. The van der Waals surface area contributed by atoms with Crippen LogP contribution in [0.1, 0.15) is 23.7 Å². The van der Waals surface area contributed by atoms with E-state index in [2.05, 4.69) is 21.8 Å². The number of hydrogen-bond donors (Lipinski definition) is 1. The number of nitrogens with one attached hydrogen (secondary N) is 1. The van der Waals surface area contributed by atoms with E-state index in [0.717, 1.165) is 19.5 Å². The van der Waals surface area contributed by atoms with Gasteiger partial charge in [0.05, 0.1) is 4.90 Å². The van der Waals surface area contributed by atoms with E-state index in [-0.39, 0.29) is 16.6 Å². The quantitative estimate of drug-likeness (QED) is 0.806. The van der Waals surface area contributed by atoms with Crippen LogP contribution in [0.25, 0.3) is 0 Å². The Bertz CT molecular complexity index is 833. The molecule has 0 saturated carbocycles. The number of nitrogens with zero attached hydrogens (tertiary/aromatic N) is 1. The highest BCUT2D eigenvalue weighted by atomic mass is 32.2. The molecule has 0 spiro atoms. The summed E-state index contributed by atoms with van der Waals surface area (Å²) >= 11 is 0. The molecule has 1 fully saturated rings. The maximum Gasteiger partial charge on any atom is 0.240 e. The maximum atomic E-state index is 12.4. The summed E-state index contributed by atoms with van der Waals surface area (Å²) in [7, 11) is -3.55. The average molecular weight is 358 g/mol. The monoisotopic (exact) mass is 358 g/mol. The maximum absolute atomic E-state index is 12.4. The van der Waals surface area contributed by atoms with Gasteiger partial charge < -0.3 is 4.90 Å². The number of para-hydroxylation sites is 1. The van der Waals surface area contributed by atoms with Gasteiger partial charge in [0.1, 0.15) is 0 Å². The minimum absolute atomic E-state index is 0.0798. The van der Waals surface area contributed by atoms with E-state index < -0.39 is 10.0 Å². The van der Waals surface area contributed by atoms with Crippen molar-refractivity contribution in [2.45, 2.75) is 18.2 Å². The Labute approximate surface area is 148 Å². The number of benzene rings is 2. The molecule has 0 aromatic heterocycles. The number of Topliss-reactive ketones (excluding diaryl/α,β-unsaturated/α-hetero) is 1. The van der Waals surface area contributed by atoms with Crippen molar-refractivity contribution >= 4 is 21.5 Å². The van der Waals surface area contributed by atoms with Gasteiger partial charge in [0.2, 0.25) is 10.0 Å². The lowest BCUT2D eigenvalue weighted by atomic mass is 10.1. The van der Waals surface area contributed by atoms with Crippen LogP contribution < -0.4 is 9.62 Å². The lowest BCUT2D eigenvalue weighted by Crippen LogP contribution is -2.31. The van der Waals surface area contributed by atoms with Crippen molar-refractivity contribution < 1.29 is 13.2 Å². The van der Waals surface area contributed by atoms with Crippen molar-refractivity contribution in [3.63, 3.8) is 0 Å². The second-order valence-corrected chi connectivity index (χ2v) is 8.14. The molecule has 1 saturated heterocycles. The second-order valence-electron chi connectivity index (χ2n) is 6.37. The van der Waals surface area contributed by atoms with E-state index in [4.69, 9.17) is 0 Å². The van der Waals surface area contributed by atoms with E-state index in [1.165, 1.54) is 24.7 Å². The van der Waals surface area contributed by atoms with Gasteiger partial charge in [-0.3, -0.25) is 4.79 Å². The first-order valence-corrected chi connectivity index (χ1v) is 9.85. The summed E-state index contributed by atoms with van der Waals surface area (Å²) in [4.78, 5) is 13.8. The zero-order valence-corrected chi connectivity index (χ0v) is 15.0. The SMILES string of the molecule is CC(=O)c1ccc(S(=O)(=O)NCC2CCN(c3ccccc3)C2)cc1. The average Bonchev–Trinajstić information content (AvgIpc) is 3.10. The summed E-state index contributed by atoms with van der Waals surface area (Å²) in [6.45, 7) is 3.65. The molecule has 1 atom stereocenters. The first-order chi connectivity index (χ1) is 12.0. The van der Waals surface area contributed by atoms with Crippen LogP contribution in [0.4, 0.5) is 5.69 Å². The Morgan fingerprint density at radius 3 is 2.44 bits per heavy atom. The van der Waals surface area contributed by atoms with Crippen LogP contribution in [0.15, 0.2) is 59.5 Å². The Morgan fingerprint density at radius 1 is 1.12 bits per heavy atom. The van der Waals surface area contributed by atoms with Crippen LogP contribution in [0.5, 0.6) is 0 Å². The summed E-state index contributed by atoms with van der Waals surface area (Å²) in [5.41, 5.74) is 1.68. The largest absolute Gasteiger partial charge is 0.371 e. The van der Waals surface area contributed by atoms with Gasteiger partial charge in [0, 0.05) is 30.9 Å². The van der Waals surface area contributed by atoms with Crippen LogP contribution in [0.2, 0.25) is 0 Å². The first kappa shape index (κ1) is 17.6. The van der Waals surface area contributed by atoms with Gasteiger partial charge in [-0.05, 0) is 43.5 Å². The molecule has 5 nitrogen and oxygen atoms in total. The van der Waals surface area contributed by atoms with Gasteiger partial charge >= 0.3 is 0 Å². The molecule has 2 aromatic rings. The third-order valence-electron chi connectivity index (χ3n) is 4.54. The Balaban J connectivity index is 1.58. The van der Waals surface area contributed by atoms with Gasteiger partial charge in [0.15, 0.2) is 5.78 Å². The van der Waals surface area contributed by atoms with Crippen LogP contribution in [-0.2, 0) is 10.0 Å². The molecule has 1 unspecified atom stereocenters. The van der Waals surface area contributed by atoms with Crippen molar-refractivity contribution in [2.24, 2.45) is 5.92 Å². The molecule has 0 aliphatic carbocycles. The predicted octanol–water partition coefficient (Wildman–Crippen LogP) is 2.69. The summed E-state index contributed by atoms with van der Waals surface area (Å²) in [5.74, 6) is 0.204. The van der Waals surface area contributed by atoms with Crippen LogP contribution >= 0.6 is 0 Å². The second kappa shape index (κ2) is 7.37. The number of carbonyl (C=O) groups excluding carboxylic acids is 1. The van der Waals surface area contributed by atoms with Crippen LogP contribution in [0, 0.1) is 5.92 Å². The molecule has 0 radical (unpaired) electrons. The van der Waals surface area contributed by atoms with Crippen molar-refractivity contribution in [3.05, 3.63) is 60.2 Å². The highest BCUT2D eigenvalue weighted by Gasteiger charge is 2.24. The summed E-state index contributed by atoms with van der Waals surface area (Å²) in [6, 6.07) is 16.2. The number of hydrogen-bond acceptors (Lipinski definition) is 4. The number of sulfonamides is 1. The fraction of sp³-hybridized carbons (Fsp3) is 0.316. The molecule has 6 heteroatoms. The molecular weight excluding hydrogens is 336 g/mol. The van der Waals surface area contributed by atoms with Gasteiger partial charge in [-0.25, -0.2) is 13.1 Å². The highest BCUT2D eigenvalue weighted by molar-refractivity contribution is 7.89. The zero-order chi connectivity index (χ0) is 17.9. The molecule has 0 amide bonds. The Hall–Kier alpha value is -2.18. The van der Waals surface area contributed by atoms with Crippen LogP contribution in [-0.4, -0.2) is 33.8 Å². The number of ketones is 1. The first-order valence-electron chi connectivity index (χ1n) is 8.36. The molecule has 1 aliphatic rings. The third-order valence-corrected chi connectivity index (χ3v) is 5.98. The fourth-order valence-corrected chi connectivity index (χ4v) is 4.17. The number of anilines is 1. The third kappa shape index (κ3) is 4.27. The van der Waals surface area contributed by atoms with Gasteiger partial charge in [-0.1, -0.05) is 30.3 Å². The van der Waals surface area contributed by atoms with Crippen LogP contribution in [0.3, 0.4) is 0 Å². The number of carbonyl (C=O) groups is 1. The fourth-order valence-electron chi connectivity index (χ4n) is 3.05. The molecule has 3 rings (SSSR count). The molecule has 25 heavy (non-hydrogen) atoms. The Morgan fingerprint density at radius 2 is 1.80 bits per heavy atom. The van der Waals surface area contributed by atoms with E-state index >= 15 is 0 Å². The van der Waals surface area contributed by atoms with Gasteiger partial charge in [-0.15, -0.1) is 0 Å². The van der Waals surface area contributed by atoms with E-state index in [1.807, 2.05) is 18.2 Å². The lowest BCUT2D eigenvalue weighted by molar-refractivity contribution is 0.101. The Kier molecular flexibility index (Phi) is 5.20. The van der Waals surface area contributed by atoms with Crippen molar-refractivity contribution in [2.75, 3.05) is 24.5 Å². The van der Waals surface area contributed by atoms with Crippen molar-refractivity contribution in [3.8, 4) is 0 Å². The molecular formula is C19H22N2O3S. The smallest absolute Gasteiger partial charge is 0.240 e. The molecule has 1 N–H and O–H groups in total. The van der Waals surface area contributed by atoms with Gasteiger partial charge in [-0.2, -0.15) is 0 Å². The standard InChI is InChI=1S/C19H22N2O3S/c1-15(22)17-7-9-19(10-8-17)25(23,24)20-13-16-11-12-21(14-16)18-5-3-2-4-6-18/h2-10,16,20H,11-14H2,1H3. The van der Waals surface area contributed by atoms with Crippen molar-refractivity contribution in [1.82, 2.24) is 4.72 Å². The molecule has 1 heterocycles. The topological polar surface area (TPSA) is 66.5 Å².